The first-order valence-corrected chi connectivity index (χ1v) is 31.6. The molecular formula is C65H86N10O12S. The van der Waals surface area contributed by atoms with Crippen molar-refractivity contribution < 1.29 is 52.7 Å². The van der Waals surface area contributed by atoms with Gasteiger partial charge in [-0.1, -0.05) is 101 Å². The molecule has 4 aromatic rings. The lowest BCUT2D eigenvalue weighted by atomic mass is 9.72. The Balaban J connectivity index is 0.857. The number of nitrogens with one attached hydrogen (secondary N) is 5. The molecule has 0 aliphatic carbocycles. The summed E-state index contributed by atoms with van der Waals surface area (Å²) in [5, 5.41) is 18.3. The minimum Gasteiger partial charge on any atom is -0.460 e. The molecule has 7 rings (SSSR count). The van der Waals surface area contributed by atoms with Crippen molar-refractivity contribution in [1.82, 2.24) is 45.9 Å². The summed E-state index contributed by atoms with van der Waals surface area (Å²) >= 11 is 1.84. The van der Waals surface area contributed by atoms with Crippen LogP contribution in [0.5, 0.6) is 0 Å². The standard InChI is InChI=1S/C65H86N10O12S/c1-10-27-65(13-4,88-41(5)11-2)48-33-56(80)74(61(48)84)29-21-15-18-26-52(76)67-36-54(78)68-38-55(79)71-50(31-42-22-16-14-17-23-42)59(82)69-37-53(77)66-28-30-73(9)57(81)34-64(12-3)47-32-51-58-45(39-75(51)60(83)46(47)40-86-62(64)85)44(35-70-87-63(6,7)8)43-24-19-20-25-49(43)72-58/h14,16-17,19-20,22-25,32,35,41,48,50H,10-13,15,18,21,26-31,33-34,36-40H2,1-9H3,(H,66,77)(H,67,76)(H,68,78)(H,69,82)(H,71,79)/b70-35+/t41?,48?,50-,64+,65?/m0/s1. The molecule has 22 nitrogen and oxygen atoms in total. The van der Waals surface area contributed by atoms with Crippen LogP contribution in [0.15, 0.2) is 70.6 Å². The van der Waals surface area contributed by atoms with Crippen molar-refractivity contribution in [1.29, 1.82) is 0 Å². The Morgan fingerprint density at radius 1 is 0.875 bits per heavy atom. The van der Waals surface area contributed by atoms with Crippen LogP contribution in [0.3, 0.4) is 0 Å². The molecule has 5 atom stereocenters. The average Bonchev–Trinajstić information content (AvgIpc) is 1.71. The molecule has 8 amide bonds. The second-order valence-corrected chi connectivity index (χ2v) is 25.9. The number of benzene rings is 2. The fourth-order valence-electron chi connectivity index (χ4n) is 11.7. The zero-order valence-electron chi connectivity index (χ0n) is 52.3. The molecule has 2 aromatic heterocycles. The molecule has 3 aliphatic heterocycles. The van der Waals surface area contributed by atoms with Crippen molar-refractivity contribution >= 4 is 82.1 Å². The molecule has 1 saturated heterocycles. The number of amides is 8. The summed E-state index contributed by atoms with van der Waals surface area (Å²) in [6.07, 6.45) is 7.03. The lowest BCUT2D eigenvalue weighted by Gasteiger charge is -2.38. The summed E-state index contributed by atoms with van der Waals surface area (Å²) in [5.74, 6) is -4.65. The number of aromatic nitrogens is 2. The van der Waals surface area contributed by atoms with Crippen molar-refractivity contribution in [2.45, 2.75) is 173 Å². The number of likely N-dealkylation sites (N-methyl/N-ethyl adjacent to an activating group) is 1. The van der Waals surface area contributed by atoms with Gasteiger partial charge in [-0.15, -0.1) is 0 Å². The maximum absolute atomic E-state index is 14.4. The largest absolute Gasteiger partial charge is 0.460 e. The maximum atomic E-state index is 14.4. The number of oxime groups is 1. The van der Waals surface area contributed by atoms with E-state index in [1.807, 2.05) is 56.8 Å². The van der Waals surface area contributed by atoms with Gasteiger partial charge in [-0.05, 0) is 82.6 Å². The highest BCUT2D eigenvalue weighted by Gasteiger charge is 2.51. The van der Waals surface area contributed by atoms with Gasteiger partial charge in [-0.2, -0.15) is 11.8 Å². The van der Waals surface area contributed by atoms with Gasteiger partial charge in [0, 0.05) is 78.9 Å². The molecule has 23 heteroatoms. The van der Waals surface area contributed by atoms with E-state index in [1.54, 1.807) is 54.1 Å². The normalized spacial score (nSPS) is 17.5. The van der Waals surface area contributed by atoms with Crippen LogP contribution in [0.1, 0.15) is 154 Å². The van der Waals surface area contributed by atoms with E-state index in [2.05, 4.69) is 59.4 Å². The molecule has 3 unspecified atom stereocenters. The van der Waals surface area contributed by atoms with Gasteiger partial charge >= 0.3 is 5.97 Å². The zero-order chi connectivity index (χ0) is 63.9. The number of fused-ring (bicyclic) bond motifs is 5. The van der Waals surface area contributed by atoms with Gasteiger partial charge in [0.05, 0.1) is 60.8 Å². The number of unbranched alkanes of at least 4 members (excludes halogenated alkanes) is 2. The molecule has 0 saturated carbocycles. The molecule has 0 spiro atoms. The number of esters is 1. The van der Waals surface area contributed by atoms with Crippen molar-refractivity contribution in [3.05, 3.63) is 98.8 Å². The molecule has 1 fully saturated rings. The van der Waals surface area contributed by atoms with E-state index in [4.69, 9.17) is 14.6 Å². The van der Waals surface area contributed by atoms with Gasteiger partial charge in [0.25, 0.3) is 5.56 Å². The van der Waals surface area contributed by atoms with Crippen LogP contribution in [-0.4, -0.2) is 147 Å². The molecule has 5 N–H and O–H groups in total. The number of cyclic esters (lactones) is 1. The quantitative estimate of drug-likeness (QED) is 0.0116. The highest BCUT2D eigenvalue weighted by molar-refractivity contribution is 8.01. The van der Waals surface area contributed by atoms with Crippen molar-refractivity contribution in [2.75, 3.05) is 46.3 Å². The van der Waals surface area contributed by atoms with Crippen LogP contribution >= 0.6 is 11.8 Å². The van der Waals surface area contributed by atoms with Crippen molar-refractivity contribution in [3.8, 4) is 11.4 Å². The van der Waals surface area contributed by atoms with E-state index in [0.29, 0.717) is 59.1 Å². The number of pyridine rings is 2. The van der Waals surface area contributed by atoms with Crippen LogP contribution in [0.25, 0.3) is 22.3 Å². The number of para-hydroxylation sites is 1. The topological polar surface area (TPSA) is 286 Å². The Bertz CT molecular complexity index is 3350. The second-order valence-electron chi connectivity index (χ2n) is 24.0. The van der Waals surface area contributed by atoms with E-state index >= 15 is 0 Å². The number of thioether (sulfide) groups is 1. The van der Waals surface area contributed by atoms with E-state index in [9.17, 15) is 47.9 Å². The average molecular weight is 1230 g/mol. The van der Waals surface area contributed by atoms with Gasteiger partial charge in [0.2, 0.25) is 47.3 Å². The Morgan fingerprint density at radius 3 is 2.27 bits per heavy atom. The molecule has 3 aliphatic rings. The minimum absolute atomic E-state index is 0.0215. The Morgan fingerprint density at radius 2 is 1.57 bits per heavy atom. The lowest BCUT2D eigenvalue weighted by Crippen LogP contribution is -2.52. The number of hydrogen-bond donors (Lipinski definition) is 5. The van der Waals surface area contributed by atoms with Crippen LogP contribution in [0.4, 0.5) is 0 Å². The molecule has 474 valence electrons. The van der Waals surface area contributed by atoms with E-state index in [-0.39, 0.29) is 97.9 Å². The predicted molar refractivity (Wildman–Crippen MR) is 336 cm³/mol. The highest BCUT2D eigenvalue weighted by Crippen LogP contribution is 2.48. The summed E-state index contributed by atoms with van der Waals surface area (Å²) in [7, 11) is 1.53. The van der Waals surface area contributed by atoms with E-state index < -0.39 is 72.2 Å². The number of rotatable bonds is 31. The molecule has 88 heavy (non-hydrogen) atoms. The number of carbonyl (C=O) groups is 9. The third-order valence-corrected chi connectivity index (χ3v) is 18.7. The smallest absolute Gasteiger partial charge is 0.317 e. The summed E-state index contributed by atoms with van der Waals surface area (Å²) in [6, 6.07) is 17.1. The number of imide groups is 1. The SMILES string of the molecule is CCCC(CC)(SC(C)CC)C1CC(=O)N(CCCCCC(=O)NCC(=O)NCC(=O)N[C@@H](Cc2ccccc2)C(=O)NCC(=O)NCCN(C)C(=O)C[C@@]2(CC)C(=O)OCc3c2cc2n(c3=O)Cc3c-2nc2ccccc2c3/C=N/OC(C)(C)C)C1=O. The van der Waals surface area contributed by atoms with E-state index in [1.165, 1.54) is 16.8 Å². The molecular weight excluding hydrogens is 1140 g/mol. The molecule has 0 bridgehead atoms. The summed E-state index contributed by atoms with van der Waals surface area (Å²) in [4.78, 5) is 148. The van der Waals surface area contributed by atoms with Crippen LogP contribution in [-0.2, 0) is 77.7 Å². The van der Waals surface area contributed by atoms with Gasteiger partial charge < -0.3 is 45.6 Å². The number of nitrogens with zero attached hydrogens (tertiary/aromatic N) is 5. The highest BCUT2D eigenvalue weighted by atomic mass is 32.2. The monoisotopic (exact) mass is 1230 g/mol. The summed E-state index contributed by atoms with van der Waals surface area (Å²) in [5.41, 5.74) is 2.17. The van der Waals surface area contributed by atoms with Crippen LogP contribution in [0.2, 0.25) is 0 Å². The lowest BCUT2D eigenvalue weighted by molar-refractivity contribution is -0.157. The van der Waals surface area contributed by atoms with Crippen LogP contribution < -0.4 is 32.1 Å². The van der Waals surface area contributed by atoms with Gasteiger partial charge in [-0.25, -0.2) is 4.98 Å². The Hall–Kier alpha value is -7.95. The van der Waals surface area contributed by atoms with E-state index in [0.717, 1.165) is 42.2 Å². The second kappa shape index (κ2) is 30.3. The zero-order valence-corrected chi connectivity index (χ0v) is 53.1. The van der Waals surface area contributed by atoms with Gasteiger partial charge in [0.1, 0.15) is 23.7 Å². The first-order valence-electron chi connectivity index (χ1n) is 30.7. The summed E-state index contributed by atoms with van der Waals surface area (Å²) in [6.45, 7) is 14.8. The number of ether oxygens (including phenoxy) is 1. The Kier molecular flexibility index (Phi) is 23.3. The third kappa shape index (κ3) is 16.4. The van der Waals surface area contributed by atoms with Crippen molar-refractivity contribution in [3.63, 3.8) is 0 Å². The first-order chi connectivity index (χ1) is 42.0. The number of hydrogen-bond acceptors (Lipinski definition) is 15. The molecule has 2 aromatic carbocycles. The molecule has 0 radical (unpaired) electrons. The number of likely N-dealkylation sites (tertiary alicyclic amines) is 1. The predicted octanol–water partition coefficient (Wildman–Crippen LogP) is 5.74. The third-order valence-electron chi connectivity index (χ3n) is 16.7. The minimum atomic E-state index is -1.51. The van der Waals surface area contributed by atoms with Gasteiger partial charge in [0.15, 0.2) is 0 Å². The van der Waals surface area contributed by atoms with Crippen LogP contribution in [0, 0.1) is 5.92 Å². The fraction of sp³-hybridized carbons (Fsp3) is 0.538. The molecule has 5 heterocycles. The van der Waals surface area contributed by atoms with Crippen molar-refractivity contribution in [2.24, 2.45) is 11.1 Å². The maximum Gasteiger partial charge on any atom is 0.317 e. The summed E-state index contributed by atoms with van der Waals surface area (Å²) < 4.78 is 6.99. The fourth-order valence-corrected chi connectivity index (χ4v) is 13.5. The number of carbonyl (C=O) groups excluding carboxylic acids is 9. The first kappa shape index (κ1) is 67.6. The van der Waals surface area contributed by atoms with Gasteiger partial charge in [-0.3, -0.25) is 52.8 Å². The Labute approximate surface area is 518 Å².